The standard InChI is InChI=1S/C12H12BrN3/c1-15-7-9-6-14-16(12(9)8-15)11-4-2-10(13)3-5-11/h2-6H,7-8H2,1H3. The Bertz CT molecular complexity index is 516. The minimum absolute atomic E-state index is 0.978. The summed E-state index contributed by atoms with van der Waals surface area (Å²) in [6, 6.07) is 8.25. The predicted octanol–water partition coefficient (Wildman–Crippen LogP) is 2.58. The van der Waals surface area contributed by atoms with Crippen LogP contribution < -0.4 is 0 Å². The fraction of sp³-hybridized carbons (Fsp3) is 0.250. The average molecular weight is 278 g/mol. The highest BCUT2D eigenvalue weighted by Gasteiger charge is 2.21. The van der Waals surface area contributed by atoms with Crippen LogP contribution in [0, 0.1) is 0 Å². The number of aromatic nitrogens is 2. The lowest BCUT2D eigenvalue weighted by Crippen LogP contribution is -2.11. The van der Waals surface area contributed by atoms with Crippen LogP contribution in [0.3, 0.4) is 0 Å². The molecule has 0 bridgehead atoms. The number of benzene rings is 1. The van der Waals surface area contributed by atoms with Crippen molar-refractivity contribution in [2.75, 3.05) is 7.05 Å². The van der Waals surface area contributed by atoms with Crippen LogP contribution in [0.2, 0.25) is 0 Å². The first kappa shape index (κ1) is 10.1. The first-order valence-electron chi connectivity index (χ1n) is 5.24. The molecule has 0 amide bonds. The van der Waals surface area contributed by atoms with E-state index in [1.807, 2.05) is 23.0 Å². The van der Waals surface area contributed by atoms with E-state index in [4.69, 9.17) is 0 Å². The summed E-state index contributed by atoms with van der Waals surface area (Å²) >= 11 is 3.44. The van der Waals surface area contributed by atoms with E-state index in [0.717, 1.165) is 23.2 Å². The summed E-state index contributed by atoms with van der Waals surface area (Å²) in [7, 11) is 2.13. The van der Waals surface area contributed by atoms with E-state index in [2.05, 4.69) is 45.1 Å². The maximum atomic E-state index is 4.45. The number of hydrogen-bond donors (Lipinski definition) is 0. The molecule has 1 aliphatic rings. The topological polar surface area (TPSA) is 21.1 Å². The second-order valence-corrected chi connectivity index (χ2v) is 5.09. The maximum absolute atomic E-state index is 4.45. The summed E-state index contributed by atoms with van der Waals surface area (Å²) in [6.45, 7) is 1.98. The molecule has 2 aromatic rings. The van der Waals surface area contributed by atoms with E-state index in [0.29, 0.717) is 0 Å². The van der Waals surface area contributed by atoms with Crippen LogP contribution in [0.1, 0.15) is 11.3 Å². The third-order valence-electron chi connectivity index (χ3n) is 2.89. The molecule has 82 valence electrons. The van der Waals surface area contributed by atoms with Gasteiger partial charge in [0, 0.05) is 23.1 Å². The molecule has 0 N–H and O–H groups in total. The highest BCUT2D eigenvalue weighted by atomic mass is 79.9. The monoisotopic (exact) mass is 277 g/mol. The average Bonchev–Trinajstić information content (AvgIpc) is 2.78. The summed E-state index contributed by atoms with van der Waals surface area (Å²) in [5, 5.41) is 4.45. The van der Waals surface area contributed by atoms with Gasteiger partial charge in [0.15, 0.2) is 0 Å². The van der Waals surface area contributed by atoms with Gasteiger partial charge in [0.2, 0.25) is 0 Å². The van der Waals surface area contributed by atoms with E-state index in [1.54, 1.807) is 0 Å². The SMILES string of the molecule is CN1Cc2cnn(-c3ccc(Br)cc3)c2C1. The van der Waals surface area contributed by atoms with E-state index < -0.39 is 0 Å². The molecule has 0 spiro atoms. The minimum Gasteiger partial charge on any atom is -0.296 e. The van der Waals surface area contributed by atoms with Gasteiger partial charge >= 0.3 is 0 Å². The molecule has 1 aromatic carbocycles. The lowest BCUT2D eigenvalue weighted by atomic mass is 10.3. The Morgan fingerprint density at radius 3 is 2.69 bits per heavy atom. The van der Waals surface area contributed by atoms with E-state index in [1.165, 1.54) is 11.3 Å². The lowest BCUT2D eigenvalue weighted by Gasteiger charge is -2.08. The lowest BCUT2D eigenvalue weighted by molar-refractivity contribution is 0.346. The molecule has 0 fully saturated rings. The van der Waals surface area contributed by atoms with Crippen molar-refractivity contribution in [2.24, 2.45) is 0 Å². The van der Waals surface area contributed by atoms with E-state index >= 15 is 0 Å². The smallest absolute Gasteiger partial charge is 0.0650 e. The molecule has 0 unspecified atom stereocenters. The molecule has 16 heavy (non-hydrogen) atoms. The Kier molecular flexibility index (Phi) is 2.33. The fourth-order valence-electron chi connectivity index (χ4n) is 2.12. The Morgan fingerprint density at radius 2 is 1.94 bits per heavy atom. The maximum Gasteiger partial charge on any atom is 0.0650 e. The molecule has 4 heteroatoms. The number of nitrogens with zero attached hydrogens (tertiary/aromatic N) is 3. The summed E-state index contributed by atoms with van der Waals surface area (Å²) < 4.78 is 3.13. The Hall–Kier alpha value is -1.13. The molecule has 0 aliphatic carbocycles. The Morgan fingerprint density at radius 1 is 1.19 bits per heavy atom. The summed E-state index contributed by atoms with van der Waals surface area (Å²) in [6.07, 6.45) is 1.97. The minimum atomic E-state index is 0.978. The zero-order valence-electron chi connectivity index (χ0n) is 9.02. The zero-order valence-corrected chi connectivity index (χ0v) is 10.6. The molecule has 0 atom stereocenters. The molecule has 3 nitrogen and oxygen atoms in total. The summed E-state index contributed by atoms with van der Waals surface area (Å²) in [5.74, 6) is 0. The summed E-state index contributed by atoms with van der Waals surface area (Å²) in [5.41, 5.74) is 3.77. The first-order valence-corrected chi connectivity index (χ1v) is 6.03. The molecule has 0 saturated heterocycles. The molecular formula is C12H12BrN3. The van der Waals surface area contributed by atoms with Crippen molar-refractivity contribution in [3.8, 4) is 5.69 Å². The van der Waals surface area contributed by atoms with Gasteiger partial charge in [-0.15, -0.1) is 0 Å². The highest BCUT2D eigenvalue weighted by molar-refractivity contribution is 9.10. The third-order valence-corrected chi connectivity index (χ3v) is 3.42. The van der Waals surface area contributed by atoms with E-state index in [9.17, 15) is 0 Å². The van der Waals surface area contributed by atoms with Crippen LogP contribution in [0.5, 0.6) is 0 Å². The fourth-order valence-corrected chi connectivity index (χ4v) is 2.38. The number of halogens is 1. The van der Waals surface area contributed by atoms with Crippen molar-refractivity contribution >= 4 is 15.9 Å². The van der Waals surface area contributed by atoms with Gasteiger partial charge in [0.1, 0.15) is 0 Å². The number of fused-ring (bicyclic) bond motifs is 1. The molecule has 2 heterocycles. The van der Waals surface area contributed by atoms with Crippen LogP contribution in [0.4, 0.5) is 0 Å². The van der Waals surface area contributed by atoms with Gasteiger partial charge in [0.05, 0.1) is 17.6 Å². The predicted molar refractivity (Wildman–Crippen MR) is 66.4 cm³/mol. The van der Waals surface area contributed by atoms with Crippen LogP contribution in [-0.2, 0) is 13.1 Å². The van der Waals surface area contributed by atoms with Crippen molar-refractivity contribution in [1.29, 1.82) is 0 Å². The van der Waals surface area contributed by atoms with Crippen molar-refractivity contribution in [3.63, 3.8) is 0 Å². The second kappa shape index (κ2) is 3.71. The van der Waals surface area contributed by atoms with Crippen LogP contribution in [-0.4, -0.2) is 21.7 Å². The van der Waals surface area contributed by atoms with E-state index in [-0.39, 0.29) is 0 Å². The van der Waals surface area contributed by atoms with Gasteiger partial charge in [-0.2, -0.15) is 5.10 Å². The number of hydrogen-bond acceptors (Lipinski definition) is 2. The van der Waals surface area contributed by atoms with Gasteiger partial charge in [-0.25, -0.2) is 4.68 Å². The third kappa shape index (κ3) is 1.58. The van der Waals surface area contributed by atoms with Crippen LogP contribution in [0.25, 0.3) is 5.69 Å². The van der Waals surface area contributed by atoms with Crippen molar-refractivity contribution in [1.82, 2.24) is 14.7 Å². The second-order valence-electron chi connectivity index (χ2n) is 4.18. The quantitative estimate of drug-likeness (QED) is 0.799. The molecule has 0 radical (unpaired) electrons. The van der Waals surface area contributed by atoms with Gasteiger partial charge < -0.3 is 0 Å². The van der Waals surface area contributed by atoms with Gasteiger partial charge in [0.25, 0.3) is 0 Å². The number of rotatable bonds is 1. The Balaban J connectivity index is 2.05. The normalized spacial score (nSPS) is 15.4. The molecule has 1 aromatic heterocycles. The van der Waals surface area contributed by atoms with Crippen LogP contribution >= 0.6 is 15.9 Å². The van der Waals surface area contributed by atoms with Crippen molar-refractivity contribution in [3.05, 3.63) is 46.2 Å². The molecule has 1 aliphatic heterocycles. The zero-order chi connectivity index (χ0) is 11.1. The van der Waals surface area contributed by atoms with Gasteiger partial charge in [-0.3, -0.25) is 4.90 Å². The van der Waals surface area contributed by atoms with Crippen molar-refractivity contribution < 1.29 is 0 Å². The summed E-state index contributed by atoms with van der Waals surface area (Å²) in [4.78, 5) is 2.29. The largest absolute Gasteiger partial charge is 0.296 e. The molecule has 0 saturated carbocycles. The molecule has 3 rings (SSSR count). The highest BCUT2D eigenvalue weighted by Crippen LogP contribution is 2.24. The van der Waals surface area contributed by atoms with Crippen molar-refractivity contribution in [2.45, 2.75) is 13.1 Å². The Labute approximate surface area is 103 Å². The molecular weight excluding hydrogens is 266 g/mol. The van der Waals surface area contributed by atoms with Gasteiger partial charge in [-0.05, 0) is 31.3 Å². The first-order chi connectivity index (χ1) is 7.74. The van der Waals surface area contributed by atoms with Crippen LogP contribution in [0.15, 0.2) is 34.9 Å². The van der Waals surface area contributed by atoms with Gasteiger partial charge in [-0.1, -0.05) is 15.9 Å².